The summed E-state index contributed by atoms with van der Waals surface area (Å²) >= 11 is 12.9. The minimum atomic E-state index is -4.19. The molecule has 0 saturated heterocycles. The number of amides is 2. The van der Waals surface area contributed by atoms with Crippen molar-refractivity contribution < 1.29 is 22.7 Å². The Morgan fingerprint density at radius 3 is 2.05 bits per heavy atom. The van der Waals surface area contributed by atoms with Crippen molar-refractivity contribution >= 4 is 50.7 Å². The van der Waals surface area contributed by atoms with E-state index in [1.807, 2.05) is 20.8 Å². The van der Waals surface area contributed by atoms with Crippen LogP contribution in [0.15, 0.2) is 71.6 Å². The SMILES string of the molecule is CC[C@H](C)NC(=O)[C@H](CC)N(Cc1c(Cl)cccc1Cl)C(=O)CN(c1ccc(OC)cc1)S(=O)(=O)c1ccc(C)cc1. The molecule has 0 aromatic heterocycles. The van der Waals surface area contributed by atoms with Gasteiger partial charge in [-0.1, -0.05) is 60.8 Å². The highest BCUT2D eigenvalue weighted by Gasteiger charge is 2.34. The molecule has 11 heteroatoms. The number of rotatable bonds is 13. The summed E-state index contributed by atoms with van der Waals surface area (Å²) in [7, 11) is -2.69. The Balaban J connectivity index is 2.10. The predicted molar refractivity (Wildman–Crippen MR) is 168 cm³/mol. The molecule has 1 N–H and O–H groups in total. The molecule has 0 radical (unpaired) electrons. The fourth-order valence-corrected chi connectivity index (χ4v) is 6.26. The zero-order chi connectivity index (χ0) is 31.0. The first-order chi connectivity index (χ1) is 19.9. The van der Waals surface area contributed by atoms with Gasteiger partial charge < -0.3 is 15.0 Å². The molecular weight excluding hydrogens is 597 g/mol. The zero-order valence-corrected chi connectivity index (χ0v) is 26.8. The van der Waals surface area contributed by atoms with Gasteiger partial charge in [-0.15, -0.1) is 0 Å². The Morgan fingerprint density at radius 2 is 1.52 bits per heavy atom. The summed E-state index contributed by atoms with van der Waals surface area (Å²) in [6, 6.07) is 16.7. The van der Waals surface area contributed by atoms with E-state index >= 15 is 0 Å². The fraction of sp³-hybridized carbons (Fsp3) is 0.355. The maximum absolute atomic E-state index is 14.2. The molecular formula is C31H37Cl2N3O5S. The monoisotopic (exact) mass is 633 g/mol. The molecule has 0 unspecified atom stereocenters. The quantitative estimate of drug-likeness (QED) is 0.241. The number of hydrogen-bond acceptors (Lipinski definition) is 5. The normalized spacial score (nSPS) is 12.7. The summed E-state index contributed by atoms with van der Waals surface area (Å²) in [5.41, 5.74) is 1.61. The van der Waals surface area contributed by atoms with E-state index in [1.54, 1.807) is 61.5 Å². The number of nitrogens with one attached hydrogen (secondary N) is 1. The number of aryl methyl sites for hydroxylation is 1. The lowest BCUT2D eigenvalue weighted by Crippen LogP contribution is -2.53. The number of ether oxygens (including phenoxy) is 1. The summed E-state index contributed by atoms with van der Waals surface area (Å²) in [6.07, 6.45) is 0.982. The molecule has 2 amide bonds. The van der Waals surface area contributed by atoms with Gasteiger partial charge in [0.15, 0.2) is 0 Å². The van der Waals surface area contributed by atoms with E-state index in [4.69, 9.17) is 27.9 Å². The maximum Gasteiger partial charge on any atom is 0.264 e. The van der Waals surface area contributed by atoms with Crippen LogP contribution >= 0.6 is 23.2 Å². The molecule has 0 aliphatic rings. The summed E-state index contributed by atoms with van der Waals surface area (Å²) in [4.78, 5) is 29.0. The number of methoxy groups -OCH3 is 1. The number of carbonyl (C=O) groups excluding carboxylic acids is 2. The second kappa shape index (κ2) is 14.8. The molecule has 0 aliphatic carbocycles. The Morgan fingerprint density at radius 1 is 0.929 bits per heavy atom. The number of halogens is 2. The van der Waals surface area contributed by atoms with E-state index in [2.05, 4.69) is 5.32 Å². The molecule has 0 bridgehead atoms. The van der Waals surface area contributed by atoms with Crippen LogP contribution in [0.4, 0.5) is 5.69 Å². The second-order valence-electron chi connectivity index (χ2n) is 9.99. The molecule has 0 aliphatic heterocycles. The molecule has 8 nitrogen and oxygen atoms in total. The lowest BCUT2D eigenvalue weighted by molar-refractivity contribution is -0.140. The third kappa shape index (κ3) is 7.96. The Hall–Kier alpha value is -3.27. The van der Waals surface area contributed by atoms with Crippen LogP contribution in [0, 0.1) is 6.92 Å². The van der Waals surface area contributed by atoms with Gasteiger partial charge in [0, 0.05) is 28.2 Å². The number of anilines is 1. The van der Waals surface area contributed by atoms with E-state index in [0.717, 1.165) is 9.87 Å². The Kier molecular flexibility index (Phi) is 11.7. The van der Waals surface area contributed by atoms with Gasteiger partial charge in [0.05, 0.1) is 17.7 Å². The molecule has 2 atom stereocenters. The van der Waals surface area contributed by atoms with Crippen molar-refractivity contribution in [3.63, 3.8) is 0 Å². The van der Waals surface area contributed by atoms with Crippen molar-refractivity contribution in [2.75, 3.05) is 18.0 Å². The first-order valence-corrected chi connectivity index (χ1v) is 15.9. The molecule has 3 aromatic rings. The second-order valence-corrected chi connectivity index (χ2v) is 12.7. The van der Waals surface area contributed by atoms with Crippen LogP contribution in [-0.2, 0) is 26.2 Å². The Bertz CT molecular complexity index is 1460. The number of hydrogen-bond donors (Lipinski definition) is 1. The minimum absolute atomic E-state index is 0.0268. The highest BCUT2D eigenvalue weighted by Crippen LogP contribution is 2.29. The molecule has 0 saturated carbocycles. The standard InChI is InChI=1S/C31H37Cl2N3O5S/c1-6-22(4)34-31(38)29(7-2)35(19-26-27(32)9-8-10-28(26)33)30(37)20-36(23-13-15-24(41-5)16-14-23)42(39,40)25-17-11-21(3)12-18-25/h8-18,22,29H,6-7,19-20H2,1-5H3,(H,34,38)/t22-,29-/m0/s1. The number of carbonyl (C=O) groups is 2. The fourth-order valence-electron chi connectivity index (χ4n) is 4.33. The van der Waals surface area contributed by atoms with Gasteiger partial charge in [0.2, 0.25) is 11.8 Å². The molecule has 42 heavy (non-hydrogen) atoms. The highest BCUT2D eigenvalue weighted by atomic mass is 35.5. The van der Waals surface area contributed by atoms with E-state index < -0.39 is 28.5 Å². The van der Waals surface area contributed by atoms with Crippen LogP contribution in [0.1, 0.15) is 44.7 Å². The largest absolute Gasteiger partial charge is 0.497 e. The van der Waals surface area contributed by atoms with Crippen molar-refractivity contribution in [2.45, 2.75) is 64.1 Å². The van der Waals surface area contributed by atoms with Crippen LogP contribution < -0.4 is 14.4 Å². The van der Waals surface area contributed by atoms with Gasteiger partial charge in [-0.25, -0.2) is 8.42 Å². The van der Waals surface area contributed by atoms with Gasteiger partial charge in [0.25, 0.3) is 10.0 Å². The van der Waals surface area contributed by atoms with Crippen molar-refractivity contribution in [3.05, 3.63) is 87.9 Å². The summed E-state index contributed by atoms with van der Waals surface area (Å²) in [5, 5.41) is 3.61. The molecule has 3 aromatic carbocycles. The minimum Gasteiger partial charge on any atom is -0.497 e. The zero-order valence-electron chi connectivity index (χ0n) is 24.4. The average molecular weight is 635 g/mol. The van der Waals surface area contributed by atoms with E-state index in [1.165, 1.54) is 24.1 Å². The molecule has 0 fully saturated rings. The summed E-state index contributed by atoms with van der Waals surface area (Å²) < 4.78 is 34.2. The number of benzene rings is 3. The Labute approximate surface area is 258 Å². The first kappa shape index (κ1) is 33.2. The van der Waals surface area contributed by atoms with E-state index in [0.29, 0.717) is 27.8 Å². The average Bonchev–Trinajstić information content (AvgIpc) is 2.97. The molecule has 0 heterocycles. The van der Waals surface area contributed by atoms with Crippen LogP contribution in [-0.4, -0.2) is 50.9 Å². The van der Waals surface area contributed by atoms with Crippen LogP contribution in [0.2, 0.25) is 10.0 Å². The lowest BCUT2D eigenvalue weighted by Gasteiger charge is -2.34. The third-order valence-electron chi connectivity index (χ3n) is 7.03. The summed E-state index contributed by atoms with van der Waals surface area (Å²) in [5.74, 6) is -0.412. The van der Waals surface area contributed by atoms with E-state index in [9.17, 15) is 18.0 Å². The van der Waals surface area contributed by atoms with Crippen molar-refractivity contribution in [1.82, 2.24) is 10.2 Å². The van der Waals surface area contributed by atoms with Crippen molar-refractivity contribution in [2.24, 2.45) is 0 Å². The van der Waals surface area contributed by atoms with Crippen LogP contribution in [0.3, 0.4) is 0 Å². The first-order valence-electron chi connectivity index (χ1n) is 13.7. The highest BCUT2D eigenvalue weighted by molar-refractivity contribution is 7.92. The molecule has 0 spiro atoms. The molecule has 226 valence electrons. The number of sulfonamides is 1. The van der Waals surface area contributed by atoms with Gasteiger partial charge in [0.1, 0.15) is 18.3 Å². The van der Waals surface area contributed by atoms with Gasteiger partial charge in [-0.3, -0.25) is 13.9 Å². The van der Waals surface area contributed by atoms with Crippen molar-refractivity contribution in [3.8, 4) is 5.75 Å². The van der Waals surface area contributed by atoms with Gasteiger partial charge in [-0.05, 0) is 75.2 Å². The number of nitrogens with zero attached hydrogens (tertiary/aromatic N) is 2. The topological polar surface area (TPSA) is 96.0 Å². The predicted octanol–water partition coefficient (Wildman–Crippen LogP) is 6.23. The van der Waals surface area contributed by atoms with Crippen LogP contribution in [0.5, 0.6) is 5.75 Å². The van der Waals surface area contributed by atoms with Gasteiger partial charge >= 0.3 is 0 Å². The van der Waals surface area contributed by atoms with Crippen LogP contribution in [0.25, 0.3) is 0 Å². The lowest BCUT2D eigenvalue weighted by atomic mass is 10.1. The van der Waals surface area contributed by atoms with Crippen molar-refractivity contribution in [1.29, 1.82) is 0 Å². The van der Waals surface area contributed by atoms with Gasteiger partial charge in [-0.2, -0.15) is 0 Å². The van der Waals surface area contributed by atoms with E-state index in [-0.39, 0.29) is 35.5 Å². The maximum atomic E-state index is 14.2. The smallest absolute Gasteiger partial charge is 0.264 e. The molecule has 3 rings (SSSR count). The third-order valence-corrected chi connectivity index (χ3v) is 9.52. The summed E-state index contributed by atoms with van der Waals surface area (Å²) in [6.45, 7) is 6.80.